The molecule has 1 heterocycles. The van der Waals surface area contributed by atoms with Crippen LogP contribution in [0.3, 0.4) is 0 Å². The molecule has 7 N–H and O–H groups in total. The van der Waals surface area contributed by atoms with Crippen LogP contribution in [0, 0.1) is 0 Å². The van der Waals surface area contributed by atoms with E-state index < -0.39 is 49.1 Å². The lowest BCUT2D eigenvalue weighted by atomic mass is 9.96. The second kappa shape index (κ2) is 30.6. The molecule has 11 nitrogen and oxygen atoms in total. The van der Waals surface area contributed by atoms with Gasteiger partial charge in [-0.05, 0) is 12.8 Å². The van der Waals surface area contributed by atoms with Gasteiger partial charge in [0.15, 0.2) is 0 Å². The zero-order chi connectivity index (χ0) is 37.6. The fraction of sp³-hybridized carbons (Fsp3) is 0.925. The Labute approximate surface area is 310 Å². The lowest BCUT2D eigenvalue weighted by Crippen LogP contribution is -2.72. The van der Waals surface area contributed by atoms with E-state index >= 15 is 0 Å². The maximum atomic E-state index is 13.9. The van der Waals surface area contributed by atoms with Gasteiger partial charge in [0.2, 0.25) is 23.6 Å². The molecule has 1 rings (SSSR count). The third-order valence-electron chi connectivity index (χ3n) is 10.2. The zero-order valence-electron chi connectivity index (χ0n) is 32.7. The lowest BCUT2D eigenvalue weighted by molar-refractivity contribution is -0.280. The van der Waals surface area contributed by atoms with E-state index in [1.165, 1.54) is 114 Å². The fourth-order valence-electron chi connectivity index (χ4n) is 7.05. The van der Waals surface area contributed by atoms with Crippen LogP contribution in [0.4, 0.5) is 0 Å². The molecular weight excluding hydrogens is 648 g/mol. The van der Waals surface area contributed by atoms with Crippen molar-refractivity contribution in [2.75, 3.05) is 26.2 Å². The molecular formula is C40H78N4O7. The van der Waals surface area contributed by atoms with Crippen molar-refractivity contribution >= 4 is 17.7 Å². The first-order valence-electron chi connectivity index (χ1n) is 21.0. The van der Waals surface area contributed by atoms with Gasteiger partial charge in [-0.3, -0.25) is 19.3 Å². The van der Waals surface area contributed by atoms with Crippen molar-refractivity contribution < 1.29 is 34.4 Å². The van der Waals surface area contributed by atoms with E-state index in [1.807, 2.05) is 0 Å². The summed E-state index contributed by atoms with van der Waals surface area (Å²) in [5.41, 5.74) is 5.37. The highest BCUT2D eigenvalue weighted by molar-refractivity contribution is 5.86. The molecule has 0 radical (unpaired) electrons. The second-order valence-electron chi connectivity index (χ2n) is 14.8. The summed E-state index contributed by atoms with van der Waals surface area (Å²) in [7, 11) is 0. The van der Waals surface area contributed by atoms with Gasteiger partial charge in [0.05, 0.1) is 25.8 Å². The van der Waals surface area contributed by atoms with Crippen LogP contribution in [-0.4, -0.2) is 88.3 Å². The number of carbonyl (C=O) groups is 3. The minimum Gasteiger partial charge on any atom is -0.394 e. The van der Waals surface area contributed by atoms with Crippen molar-refractivity contribution in [1.29, 1.82) is 0 Å². The average Bonchev–Trinajstić information content (AvgIpc) is 3.12. The van der Waals surface area contributed by atoms with Crippen molar-refractivity contribution in [3.8, 4) is 0 Å². The molecule has 11 heteroatoms. The van der Waals surface area contributed by atoms with Gasteiger partial charge in [0.1, 0.15) is 12.2 Å². The first-order valence-corrected chi connectivity index (χ1v) is 21.0. The topological polar surface area (TPSA) is 174 Å². The molecule has 0 unspecified atom stereocenters. The zero-order valence-corrected chi connectivity index (χ0v) is 32.7. The van der Waals surface area contributed by atoms with Gasteiger partial charge in [-0.25, -0.2) is 0 Å². The molecule has 0 aromatic rings. The van der Waals surface area contributed by atoms with E-state index in [-0.39, 0.29) is 31.8 Å². The van der Waals surface area contributed by atoms with Crippen LogP contribution in [0.25, 0.3) is 0 Å². The predicted octanol–water partition coefficient (Wildman–Crippen LogP) is 6.35. The Morgan fingerprint density at radius 3 is 1.55 bits per heavy atom. The highest BCUT2D eigenvalue weighted by Crippen LogP contribution is 2.32. The number of hydrogen-bond donors (Lipinski definition) is 6. The van der Waals surface area contributed by atoms with Gasteiger partial charge in [0, 0.05) is 19.4 Å². The number of nitrogens with zero attached hydrogens (tertiary/aromatic N) is 1. The lowest BCUT2D eigenvalue weighted by Gasteiger charge is -2.50. The van der Waals surface area contributed by atoms with Crippen molar-refractivity contribution in [3.05, 3.63) is 0 Å². The standard InChI is InChI=1S/C40H78N4O7/c1-3-5-7-9-11-13-14-15-16-17-18-19-21-23-25-27-29-44(38(49)28-26-24-22-20-12-10-8-6-4-2)40(43-37(48)32-42-36(47)31-41)30-34(46)39(50)35(33-45)51-40/h34-35,39,45-46,50H,3-33,41H2,1-2H3,(H,42,47)(H,43,48)/t34-,35-,39+,40+/m1/s1. The quantitative estimate of drug-likeness (QED) is 0.0335. The fourth-order valence-corrected chi connectivity index (χ4v) is 7.05. The van der Waals surface area contributed by atoms with Crippen LogP contribution in [0.2, 0.25) is 0 Å². The van der Waals surface area contributed by atoms with Crippen molar-refractivity contribution in [3.63, 3.8) is 0 Å². The number of aliphatic hydroxyl groups is 3. The molecule has 3 amide bonds. The van der Waals surface area contributed by atoms with Crippen LogP contribution in [-0.2, 0) is 19.1 Å². The highest BCUT2D eigenvalue weighted by Gasteiger charge is 2.52. The summed E-state index contributed by atoms with van der Waals surface area (Å²) >= 11 is 0. The molecule has 4 atom stereocenters. The summed E-state index contributed by atoms with van der Waals surface area (Å²) in [6.07, 6.45) is 25.6. The van der Waals surface area contributed by atoms with Crippen LogP contribution in [0.15, 0.2) is 0 Å². The summed E-state index contributed by atoms with van der Waals surface area (Å²) in [4.78, 5) is 40.3. The van der Waals surface area contributed by atoms with Crippen molar-refractivity contribution in [2.24, 2.45) is 5.73 Å². The first kappa shape index (κ1) is 47.2. The molecule has 1 saturated heterocycles. The Kier molecular flexibility index (Phi) is 28.4. The van der Waals surface area contributed by atoms with Gasteiger partial charge >= 0.3 is 0 Å². The molecule has 51 heavy (non-hydrogen) atoms. The smallest absolute Gasteiger partial charge is 0.243 e. The molecule has 1 fully saturated rings. The Morgan fingerprint density at radius 1 is 0.686 bits per heavy atom. The van der Waals surface area contributed by atoms with Gasteiger partial charge in [-0.15, -0.1) is 0 Å². The molecule has 0 aromatic carbocycles. The van der Waals surface area contributed by atoms with Crippen LogP contribution >= 0.6 is 0 Å². The predicted molar refractivity (Wildman–Crippen MR) is 205 cm³/mol. The molecule has 1 aliphatic heterocycles. The number of unbranched alkanes of at least 4 members (excludes halogenated alkanes) is 23. The number of nitrogens with two attached hydrogens (primary N) is 1. The molecule has 0 aliphatic carbocycles. The molecule has 0 bridgehead atoms. The maximum absolute atomic E-state index is 13.9. The first-order chi connectivity index (χ1) is 24.7. The largest absolute Gasteiger partial charge is 0.394 e. The van der Waals surface area contributed by atoms with Gasteiger partial charge in [-0.2, -0.15) is 0 Å². The minimum atomic E-state index is -1.79. The Bertz CT molecular complexity index is 895. The van der Waals surface area contributed by atoms with E-state index in [1.54, 1.807) is 0 Å². The summed E-state index contributed by atoms with van der Waals surface area (Å²) in [5, 5.41) is 36.6. The monoisotopic (exact) mass is 727 g/mol. The number of nitrogens with one attached hydrogen (secondary N) is 2. The van der Waals surface area contributed by atoms with Gasteiger partial charge in [-0.1, -0.05) is 162 Å². The number of hydrogen-bond acceptors (Lipinski definition) is 8. The summed E-state index contributed by atoms with van der Waals surface area (Å²) in [6.45, 7) is 3.46. The Morgan fingerprint density at radius 2 is 1.12 bits per heavy atom. The van der Waals surface area contributed by atoms with E-state index in [2.05, 4.69) is 24.5 Å². The van der Waals surface area contributed by atoms with E-state index in [9.17, 15) is 29.7 Å². The van der Waals surface area contributed by atoms with Crippen LogP contribution in [0.5, 0.6) is 0 Å². The van der Waals surface area contributed by atoms with E-state index in [0.717, 1.165) is 38.5 Å². The molecule has 300 valence electrons. The average molecular weight is 727 g/mol. The summed E-state index contributed by atoms with van der Waals surface area (Å²) < 4.78 is 6.14. The van der Waals surface area contributed by atoms with Crippen LogP contribution in [0.1, 0.15) is 187 Å². The number of carbonyl (C=O) groups excluding carboxylic acids is 3. The second-order valence-corrected chi connectivity index (χ2v) is 14.8. The summed E-state index contributed by atoms with van der Waals surface area (Å²) in [5.74, 6) is -3.16. The number of amides is 3. The number of aliphatic hydroxyl groups excluding tert-OH is 3. The molecule has 0 aromatic heterocycles. The normalized spacial score (nSPS) is 20.3. The van der Waals surface area contributed by atoms with Gasteiger partial charge in [0.25, 0.3) is 0 Å². The van der Waals surface area contributed by atoms with Gasteiger partial charge < -0.3 is 36.4 Å². The minimum absolute atomic E-state index is 0.217. The number of rotatable bonds is 33. The van der Waals surface area contributed by atoms with Crippen molar-refractivity contribution in [1.82, 2.24) is 15.5 Å². The molecule has 0 spiro atoms. The highest BCUT2D eigenvalue weighted by atomic mass is 16.6. The Hall–Kier alpha value is -1.79. The van der Waals surface area contributed by atoms with Crippen LogP contribution < -0.4 is 16.4 Å². The van der Waals surface area contributed by atoms with E-state index in [0.29, 0.717) is 12.8 Å². The van der Waals surface area contributed by atoms with E-state index in [4.69, 9.17) is 10.5 Å². The third kappa shape index (κ3) is 21.5. The molecule has 0 saturated carbocycles. The summed E-state index contributed by atoms with van der Waals surface area (Å²) in [6, 6.07) is 0. The number of ether oxygens (including phenoxy) is 1. The third-order valence-corrected chi connectivity index (χ3v) is 10.2. The SMILES string of the molecule is CCCCCCCCCCCCCCCCCCN(C(=O)CCCCCCCCCCC)[C@@]1(NC(=O)CNC(=O)CN)C[C@@H](O)[C@H](O)[C@@H](CO)O1. The maximum Gasteiger partial charge on any atom is 0.243 e. The molecule has 1 aliphatic rings. The Balaban J connectivity index is 2.75. The van der Waals surface area contributed by atoms with Crippen molar-refractivity contribution in [2.45, 2.75) is 211 Å².